The summed E-state index contributed by atoms with van der Waals surface area (Å²) >= 11 is 4.10. The predicted molar refractivity (Wildman–Crippen MR) is 274 cm³/mol. The van der Waals surface area contributed by atoms with Crippen molar-refractivity contribution in [2.75, 3.05) is 5.75 Å². The second kappa shape index (κ2) is 19.5. The van der Waals surface area contributed by atoms with Gasteiger partial charge in [-0.3, -0.25) is 0 Å². The van der Waals surface area contributed by atoms with Crippen molar-refractivity contribution < 1.29 is 10.2 Å². The van der Waals surface area contributed by atoms with Crippen LogP contribution in [0.25, 0.3) is 0 Å². The van der Waals surface area contributed by atoms with Crippen LogP contribution in [0.4, 0.5) is 0 Å². The van der Waals surface area contributed by atoms with Crippen LogP contribution in [-0.2, 0) is 27.4 Å². The SMILES string of the molecule is CC1C(C(C)(C)c2ccccc2)=C(O)C(CSC2CCCCCCC2SCc2cc(C(C)(C)c3ccccc3)cc(C(C)(C)c3ccccc3)c2O)=CC1C(C)(C)c1ccccc1. The lowest BCUT2D eigenvalue weighted by molar-refractivity contribution is 0.264. The third-order valence-corrected chi connectivity index (χ3v) is 18.2. The van der Waals surface area contributed by atoms with Crippen molar-refractivity contribution in [3.63, 3.8) is 0 Å². The Labute approximate surface area is 389 Å². The summed E-state index contributed by atoms with van der Waals surface area (Å²) in [5.74, 6) is 2.79. The molecule has 0 spiro atoms. The Morgan fingerprint density at radius 2 is 0.952 bits per heavy atom. The molecular formula is C59H72O2S2. The number of benzene rings is 5. The largest absolute Gasteiger partial charge is 0.508 e. The van der Waals surface area contributed by atoms with Crippen LogP contribution in [0.5, 0.6) is 5.75 Å². The van der Waals surface area contributed by atoms with E-state index in [1.54, 1.807) is 0 Å². The van der Waals surface area contributed by atoms with Crippen LogP contribution in [0.2, 0.25) is 0 Å². The van der Waals surface area contributed by atoms with E-state index in [2.05, 4.69) is 214 Å². The number of hydrogen-bond donors (Lipinski definition) is 2. The molecule has 0 bridgehead atoms. The van der Waals surface area contributed by atoms with Crippen molar-refractivity contribution in [1.29, 1.82) is 0 Å². The number of hydrogen-bond acceptors (Lipinski definition) is 4. The first-order chi connectivity index (χ1) is 30.0. The molecule has 1 saturated carbocycles. The number of aromatic hydroxyl groups is 1. The number of phenols is 1. The Kier molecular flexibility index (Phi) is 14.5. The number of thioether (sulfide) groups is 2. The summed E-state index contributed by atoms with van der Waals surface area (Å²) in [6, 6.07) is 47.7. The van der Waals surface area contributed by atoms with Gasteiger partial charge in [0.25, 0.3) is 0 Å². The molecule has 7 rings (SSSR count). The normalized spacial score (nSPS) is 20.5. The van der Waals surface area contributed by atoms with E-state index in [0.29, 0.717) is 22.0 Å². The zero-order valence-electron chi connectivity index (χ0n) is 39.5. The topological polar surface area (TPSA) is 40.5 Å². The molecule has 2 N–H and O–H groups in total. The Hall–Kier alpha value is -4.12. The number of aliphatic hydroxyl groups is 1. The summed E-state index contributed by atoms with van der Waals surface area (Å²) in [4.78, 5) is 0. The van der Waals surface area contributed by atoms with Gasteiger partial charge in [0.15, 0.2) is 0 Å². The van der Waals surface area contributed by atoms with Crippen LogP contribution in [0.15, 0.2) is 156 Å². The minimum Gasteiger partial charge on any atom is -0.508 e. The fourth-order valence-corrected chi connectivity index (χ4v) is 13.8. The molecule has 4 heteroatoms. The quantitative estimate of drug-likeness (QED) is 0.117. The van der Waals surface area contributed by atoms with Gasteiger partial charge in [0.05, 0.1) is 0 Å². The summed E-state index contributed by atoms with van der Waals surface area (Å²) in [5.41, 5.74) is 9.34. The maximum atomic E-state index is 12.5. The summed E-state index contributed by atoms with van der Waals surface area (Å²) in [7, 11) is 0. The number of aliphatic hydroxyl groups excluding tert-OH is 1. The fraction of sp³-hybridized carbons (Fsp3) is 0.424. The van der Waals surface area contributed by atoms with Crippen LogP contribution in [0, 0.1) is 11.8 Å². The maximum absolute atomic E-state index is 12.5. The molecule has 0 saturated heterocycles. The highest BCUT2D eigenvalue weighted by Crippen LogP contribution is 2.51. The summed E-state index contributed by atoms with van der Waals surface area (Å²) in [5, 5.41) is 25.8. The van der Waals surface area contributed by atoms with Gasteiger partial charge >= 0.3 is 0 Å². The highest BCUT2D eigenvalue weighted by molar-refractivity contribution is 8.03. The monoisotopic (exact) mass is 876 g/mol. The molecule has 4 unspecified atom stereocenters. The van der Waals surface area contributed by atoms with Crippen molar-refractivity contribution in [1.82, 2.24) is 0 Å². The molecule has 4 atom stereocenters. The Morgan fingerprint density at radius 3 is 1.46 bits per heavy atom. The molecule has 0 aliphatic heterocycles. The van der Waals surface area contributed by atoms with Gasteiger partial charge in [-0.25, -0.2) is 0 Å². The molecule has 2 nitrogen and oxygen atoms in total. The van der Waals surface area contributed by atoms with E-state index in [4.69, 9.17) is 0 Å². The average molecular weight is 877 g/mol. The van der Waals surface area contributed by atoms with E-state index in [-0.39, 0.29) is 28.1 Å². The Bertz CT molecular complexity index is 2340. The van der Waals surface area contributed by atoms with E-state index in [9.17, 15) is 10.2 Å². The Balaban J connectivity index is 1.22. The molecule has 5 aromatic carbocycles. The van der Waals surface area contributed by atoms with Gasteiger partial charge in [-0.15, -0.1) is 0 Å². The third-order valence-electron chi connectivity index (χ3n) is 15.1. The van der Waals surface area contributed by atoms with E-state index >= 15 is 0 Å². The minimum absolute atomic E-state index is 0.140. The van der Waals surface area contributed by atoms with Crippen molar-refractivity contribution in [2.45, 2.75) is 139 Å². The van der Waals surface area contributed by atoms with Crippen LogP contribution in [0.1, 0.15) is 140 Å². The number of rotatable bonds is 14. The lowest BCUT2D eigenvalue weighted by Gasteiger charge is -2.45. The first kappa shape index (κ1) is 46.9. The average Bonchev–Trinajstić information content (AvgIpc) is 3.27. The summed E-state index contributed by atoms with van der Waals surface area (Å²) in [6.45, 7) is 20.8. The van der Waals surface area contributed by atoms with Gasteiger partial charge < -0.3 is 10.2 Å². The molecule has 332 valence electrons. The zero-order valence-corrected chi connectivity index (χ0v) is 41.1. The van der Waals surface area contributed by atoms with Crippen molar-refractivity contribution in [2.24, 2.45) is 11.8 Å². The molecule has 63 heavy (non-hydrogen) atoms. The fourth-order valence-electron chi connectivity index (χ4n) is 10.8. The van der Waals surface area contributed by atoms with Gasteiger partial charge in [0, 0.05) is 55.0 Å². The lowest BCUT2D eigenvalue weighted by Crippen LogP contribution is -2.40. The molecule has 0 radical (unpaired) electrons. The smallest absolute Gasteiger partial charge is 0.123 e. The van der Waals surface area contributed by atoms with Crippen molar-refractivity contribution in [3.8, 4) is 5.75 Å². The van der Waals surface area contributed by atoms with E-state index in [0.717, 1.165) is 46.6 Å². The van der Waals surface area contributed by atoms with E-state index in [1.165, 1.54) is 53.5 Å². The number of phenolic OH excluding ortho intramolecular Hbond substituents is 1. The highest BCUT2D eigenvalue weighted by atomic mass is 32.2. The lowest BCUT2D eigenvalue weighted by atomic mass is 9.59. The maximum Gasteiger partial charge on any atom is 0.123 e. The molecular weight excluding hydrogens is 805 g/mol. The van der Waals surface area contributed by atoms with Crippen LogP contribution in [0.3, 0.4) is 0 Å². The van der Waals surface area contributed by atoms with Gasteiger partial charge in [0.1, 0.15) is 11.5 Å². The van der Waals surface area contributed by atoms with Gasteiger partial charge in [-0.2, -0.15) is 23.5 Å². The highest BCUT2D eigenvalue weighted by Gasteiger charge is 2.44. The first-order valence-corrected chi connectivity index (χ1v) is 25.6. The second-order valence-electron chi connectivity index (χ2n) is 20.6. The molecule has 0 amide bonds. The summed E-state index contributed by atoms with van der Waals surface area (Å²) < 4.78 is 0. The van der Waals surface area contributed by atoms with Crippen molar-refractivity contribution in [3.05, 3.63) is 195 Å². The van der Waals surface area contributed by atoms with Crippen LogP contribution in [-0.4, -0.2) is 26.5 Å². The minimum atomic E-state index is -0.395. The number of allylic oxidation sites excluding steroid dienone is 3. The predicted octanol–water partition coefficient (Wildman–Crippen LogP) is 16.1. The zero-order chi connectivity index (χ0) is 45.0. The third kappa shape index (κ3) is 9.93. The van der Waals surface area contributed by atoms with Crippen LogP contribution < -0.4 is 0 Å². The molecule has 5 aromatic rings. The van der Waals surface area contributed by atoms with Crippen molar-refractivity contribution >= 4 is 23.5 Å². The van der Waals surface area contributed by atoms with E-state index in [1.807, 2.05) is 11.8 Å². The molecule has 1 fully saturated rings. The first-order valence-electron chi connectivity index (χ1n) is 23.5. The summed E-state index contributed by atoms with van der Waals surface area (Å²) in [6.07, 6.45) is 9.77. The molecule has 2 aliphatic carbocycles. The Morgan fingerprint density at radius 1 is 0.508 bits per heavy atom. The van der Waals surface area contributed by atoms with Gasteiger partial charge in [-0.05, 0) is 63.5 Å². The van der Waals surface area contributed by atoms with Crippen LogP contribution >= 0.6 is 23.5 Å². The standard InChI is InChI=1S/C59H72O2S2/c1-41-49(57(4,5)45-28-18-13-19-29-45)37-43(55(61)53(41)59(8,9)47-32-22-15-23-33-47)40-63-52-35-25-11-10-24-34-51(52)62-39-42-36-48(56(2,3)44-26-16-12-17-27-44)38-50(54(42)60)58(6,7)46-30-20-14-21-31-46/h12-23,26-33,36-38,41,49,51-52,60-61H,10-11,24-25,34-35,39-40H2,1-9H3. The van der Waals surface area contributed by atoms with Gasteiger partial charge in [0.2, 0.25) is 0 Å². The molecule has 2 aliphatic rings. The molecule has 0 heterocycles. The molecule has 0 aromatic heterocycles. The second-order valence-corrected chi connectivity index (χ2v) is 23.0. The van der Waals surface area contributed by atoms with Gasteiger partial charge in [-0.1, -0.05) is 228 Å². The van der Waals surface area contributed by atoms with E-state index < -0.39 is 5.41 Å².